The SMILES string of the molecule is CCCCC(C)C(O)C(O)CC(C)CC(O)CCCCC(O)CC(O)C(C)=O. The third kappa shape index (κ3) is 12.8. The minimum absolute atomic E-state index is 0.0613. The van der Waals surface area contributed by atoms with Gasteiger partial charge in [-0.3, -0.25) is 4.79 Å². The molecule has 0 spiro atoms. The zero-order valence-electron chi connectivity index (χ0n) is 18.3. The summed E-state index contributed by atoms with van der Waals surface area (Å²) < 4.78 is 0. The van der Waals surface area contributed by atoms with Crippen LogP contribution in [0, 0.1) is 11.8 Å². The fourth-order valence-electron chi connectivity index (χ4n) is 3.61. The summed E-state index contributed by atoms with van der Waals surface area (Å²) >= 11 is 0. The van der Waals surface area contributed by atoms with E-state index in [1.54, 1.807) is 0 Å². The van der Waals surface area contributed by atoms with Crippen molar-refractivity contribution in [3.8, 4) is 0 Å². The van der Waals surface area contributed by atoms with E-state index in [0.29, 0.717) is 32.1 Å². The van der Waals surface area contributed by atoms with Crippen LogP contribution in [0.3, 0.4) is 0 Å². The molecule has 0 radical (unpaired) electrons. The number of carbonyl (C=O) groups excluding carboxylic acids is 1. The number of hydrogen-bond acceptors (Lipinski definition) is 6. The van der Waals surface area contributed by atoms with Crippen LogP contribution >= 0.6 is 0 Å². The largest absolute Gasteiger partial charge is 0.393 e. The highest BCUT2D eigenvalue weighted by Crippen LogP contribution is 2.22. The van der Waals surface area contributed by atoms with Gasteiger partial charge in [0.2, 0.25) is 0 Å². The number of ketones is 1. The monoisotopic (exact) mass is 404 g/mol. The Kier molecular flexibility index (Phi) is 15.0. The van der Waals surface area contributed by atoms with Crippen molar-refractivity contribution < 1.29 is 30.3 Å². The second-order valence-electron chi connectivity index (χ2n) is 8.71. The molecule has 168 valence electrons. The summed E-state index contributed by atoms with van der Waals surface area (Å²) in [5, 5.41) is 49.9. The Balaban J connectivity index is 3.99. The van der Waals surface area contributed by atoms with E-state index in [9.17, 15) is 30.3 Å². The molecule has 7 atom stereocenters. The molecule has 0 bridgehead atoms. The number of carbonyl (C=O) groups is 1. The Labute approximate surface area is 171 Å². The Morgan fingerprint density at radius 1 is 0.786 bits per heavy atom. The van der Waals surface area contributed by atoms with E-state index in [0.717, 1.165) is 25.7 Å². The molecule has 0 aliphatic carbocycles. The maximum absolute atomic E-state index is 11.0. The van der Waals surface area contributed by atoms with E-state index < -0.39 is 30.5 Å². The Morgan fingerprint density at radius 2 is 1.32 bits per heavy atom. The average Bonchev–Trinajstić information content (AvgIpc) is 2.62. The number of aliphatic hydroxyl groups is 5. The first-order valence-corrected chi connectivity index (χ1v) is 11.0. The van der Waals surface area contributed by atoms with Crippen LogP contribution in [0.25, 0.3) is 0 Å². The lowest BCUT2D eigenvalue weighted by molar-refractivity contribution is -0.126. The first kappa shape index (κ1) is 27.5. The van der Waals surface area contributed by atoms with E-state index in [1.807, 2.05) is 13.8 Å². The predicted molar refractivity (Wildman–Crippen MR) is 111 cm³/mol. The fraction of sp³-hybridized carbons (Fsp3) is 0.955. The Hall–Kier alpha value is -0.530. The Bertz CT molecular complexity index is 402. The summed E-state index contributed by atoms with van der Waals surface area (Å²) in [5.74, 6) is -0.162. The number of aliphatic hydroxyl groups excluding tert-OH is 5. The molecule has 0 fully saturated rings. The number of unbranched alkanes of at least 4 members (excludes halogenated alkanes) is 2. The lowest BCUT2D eigenvalue weighted by Crippen LogP contribution is -2.34. The van der Waals surface area contributed by atoms with Crippen molar-refractivity contribution in [2.24, 2.45) is 11.8 Å². The van der Waals surface area contributed by atoms with Gasteiger partial charge in [-0.15, -0.1) is 0 Å². The second-order valence-corrected chi connectivity index (χ2v) is 8.71. The number of Topliss-reactive ketones (excluding diaryl/α,β-unsaturated/α-hetero) is 1. The molecule has 6 nitrogen and oxygen atoms in total. The average molecular weight is 405 g/mol. The summed E-state index contributed by atoms with van der Waals surface area (Å²) in [4.78, 5) is 11.0. The molecular weight excluding hydrogens is 360 g/mol. The highest BCUT2D eigenvalue weighted by molar-refractivity contribution is 5.80. The number of rotatable bonds is 17. The first-order valence-electron chi connectivity index (χ1n) is 11.0. The van der Waals surface area contributed by atoms with Gasteiger partial charge in [-0.1, -0.05) is 46.5 Å². The van der Waals surface area contributed by atoms with E-state index in [1.165, 1.54) is 6.92 Å². The van der Waals surface area contributed by atoms with Crippen molar-refractivity contribution in [2.75, 3.05) is 0 Å². The molecule has 0 heterocycles. The van der Waals surface area contributed by atoms with E-state index in [4.69, 9.17) is 0 Å². The molecule has 7 unspecified atom stereocenters. The standard InChI is InChI=1S/C22H44O6/c1-5-6-9-16(3)22(28)21(27)13-15(2)12-18(24)10-7-8-11-19(25)14-20(26)17(4)23/h15-16,18-22,24-28H,5-14H2,1-4H3. The molecule has 0 aromatic carbocycles. The van der Waals surface area contributed by atoms with Crippen LogP contribution in [-0.2, 0) is 4.79 Å². The maximum atomic E-state index is 11.0. The van der Waals surface area contributed by atoms with Crippen LogP contribution in [0.15, 0.2) is 0 Å². The van der Waals surface area contributed by atoms with Crippen molar-refractivity contribution in [1.29, 1.82) is 0 Å². The smallest absolute Gasteiger partial charge is 0.158 e. The normalized spacial score (nSPS) is 19.5. The van der Waals surface area contributed by atoms with Crippen molar-refractivity contribution in [1.82, 2.24) is 0 Å². The number of hydrogen-bond donors (Lipinski definition) is 5. The van der Waals surface area contributed by atoms with Gasteiger partial charge in [0, 0.05) is 6.42 Å². The third-order valence-electron chi connectivity index (χ3n) is 5.60. The highest BCUT2D eigenvalue weighted by atomic mass is 16.3. The molecule has 0 aromatic heterocycles. The molecule has 28 heavy (non-hydrogen) atoms. The fourth-order valence-corrected chi connectivity index (χ4v) is 3.61. The van der Waals surface area contributed by atoms with E-state index >= 15 is 0 Å². The van der Waals surface area contributed by atoms with Crippen LogP contribution in [0.2, 0.25) is 0 Å². The van der Waals surface area contributed by atoms with Gasteiger partial charge in [0.1, 0.15) is 6.10 Å². The zero-order valence-corrected chi connectivity index (χ0v) is 18.3. The van der Waals surface area contributed by atoms with Gasteiger partial charge in [-0.2, -0.15) is 0 Å². The molecule has 0 saturated heterocycles. The topological polar surface area (TPSA) is 118 Å². The van der Waals surface area contributed by atoms with Crippen LogP contribution in [-0.4, -0.2) is 61.8 Å². The van der Waals surface area contributed by atoms with Crippen LogP contribution in [0.5, 0.6) is 0 Å². The maximum Gasteiger partial charge on any atom is 0.158 e. The van der Waals surface area contributed by atoms with Gasteiger partial charge in [0.05, 0.1) is 24.4 Å². The highest BCUT2D eigenvalue weighted by Gasteiger charge is 2.25. The molecule has 5 N–H and O–H groups in total. The van der Waals surface area contributed by atoms with Gasteiger partial charge in [0.15, 0.2) is 5.78 Å². The van der Waals surface area contributed by atoms with Gasteiger partial charge in [0.25, 0.3) is 0 Å². The van der Waals surface area contributed by atoms with Crippen molar-refractivity contribution >= 4 is 5.78 Å². The predicted octanol–water partition coefficient (Wildman–Crippen LogP) is 2.57. The van der Waals surface area contributed by atoms with Crippen molar-refractivity contribution in [3.05, 3.63) is 0 Å². The van der Waals surface area contributed by atoms with E-state index in [-0.39, 0.29) is 24.0 Å². The molecule has 0 aliphatic heterocycles. The van der Waals surface area contributed by atoms with Crippen molar-refractivity contribution in [2.45, 2.75) is 122 Å². The summed E-state index contributed by atoms with van der Waals surface area (Å²) in [6.45, 7) is 7.35. The van der Waals surface area contributed by atoms with Crippen molar-refractivity contribution in [3.63, 3.8) is 0 Å². The molecule has 0 aromatic rings. The van der Waals surface area contributed by atoms with E-state index in [2.05, 4.69) is 6.92 Å². The molecule has 6 heteroatoms. The second kappa shape index (κ2) is 15.3. The quantitative estimate of drug-likeness (QED) is 0.238. The lowest BCUT2D eigenvalue weighted by Gasteiger charge is -2.26. The molecule has 0 aliphatic rings. The van der Waals surface area contributed by atoms with Gasteiger partial charge >= 0.3 is 0 Å². The summed E-state index contributed by atoms with van der Waals surface area (Å²) in [5.41, 5.74) is 0. The van der Waals surface area contributed by atoms with Crippen LogP contribution in [0.1, 0.15) is 91.9 Å². The zero-order chi connectivity index (χ0) is 21.7. The van der Waals surface area contributed by atoms with Gasteiger partial charge in [-0.05, 0) is 50.9 Å². The van der Waals surface area contributed by atoms with Gasteiger partial charge in [-0.25, -0.2) is 0 Å². The molecule has 0 rings (SSSR count). The summed E-state index contributed by atoms with van der Waals surface area (Å²) in [6, 6.07) is 0. The Morgan fingerprint density at radius 3 is 1.82 bits per heavy atom. The lowest BCUT2D eigenvalue weighted by atomic mass is 9.88. The summed E-state index contributed by atoms with van der Waals surface area (Å²) in [7, 11) is 0. The molecule has 0 amide bonds. The minimum Gasteiger partial charge on any atom is -0.393 e. The minimum atomic E-state index is -1.10. The van der Waals surface area contributed by atoms with Crippen LogP contribution in [0.4, 0.5) is 0 Å². The molecular formula is C22H44O6. The summed E-state index contributed by atoms with van der Waals surface area (Å²) in [6.07, 6.45) is 2.91. The molecule has 0 saturated carbocycles. The van der Waals surface area contributed by atoms with Gasteiger partial charge < -0.3 is 25.5 Å². The third-order valence-corrected chi connectivity index (χ3v) is 5.60. The van der Waals surface area contributed by atoms with Crippen LogP contribution < -0.4 is 0 Å². The first-order chi connectivity index (χ1) is 13.1.